The molecular formula is C18H23N5O3. The average molecular weight is 357 g/mol. The first-order chi connectivity index (χ1) is 12.5. The van der Waals surface area contributed by atoms with Gasteiger partial charge in [-0.05, 0) is 38.8 Å². The van der Waals surface area contributed by atoms with Gasteiger partial charge in [0, 0.05) is 49.1 Å². The number of aromatic nitrogens is 2. The zero-order valence-corrected chi connectivity index (χ0v) is 14.9. The van der Waals surface area contributed by atoms with E-state index in [1.165, 1.54) is 6.07 Å². The van der Waals surface area contributed by atoms with Crippen LogP contribution >= 0.6 is 0 Å². The van der Waals surface area contributed by atoms with Crippen LogP contribution < -0.4 is 10.2 Å². The molecule has 1 fully saturated rings. The number of carbonyl (C=O) groups excluding carboxylic acids is 1. The molecule has 0 aliphatic carbocycles. The van der Waals surface area contributed by atoms with Crippen molar-refractivity contribution in [2.45, 2.75) is 38.6 Å². The first-order valence-electron chi connectivity index (χ1n) is 8.79. The molecule has 26 heavy (non-hydrogen) atoms. The summed E-state index contributed by atoms with van der Waals surface area (Å²) in [6.07, 6.45) is 5.43. The number of hydrogen-bond acceptors (Lipinski definition) is 5. The zero-order chi connectivity index (χ0) is 18.7. The summed E-state index contributed by atoms with van der Waals surface area (Å²) < 4.78 is 0. The van der Waals surface area contributed by atoms with Crippen LogP contribution in [0.25, 0.3) is 0 Å². The molecule has 1 aliphatic rings. The highest BCUT2D eigenvalue weighted by Crippen LogP contribution is 2.34. The lowest BCUT2D eigenvalue weighted by molar-refractivity contribution is -0.384. The lowest BCUT2D eigenvalue weighted by Crippen LogP contribution is -2.35. The molecule has 1 saturated heterocycles. The number of amides is 1. The van der Waals surface area contributed by atoms with E-state index in [2.05, 4.69) is 15.3 Å². The van der Waals surface area contributed by atoms with Gasteiger partial charge in [-0.25, -0.2) is 4.98 Å². The van der Waals surface area contributed by atoms with Crippen molar-refractivity contribution in [1.82, 2.24) is 15.3 Å². The highest BCUT2D eigenvalue weighted by molar-refractivity contribution is 5.96. The molecule has 1 aromatic carbocycles. The number of carbonyl (C=O) groups is 1. The van der Waals surface area contributed by atoms with E-state index in [0.717, 1.165) is 25.2 Å². The number of nitro benzene ring substituents is 1. The van der Waals surface area contributed by atoms with Crippen molar-refractivity contribution >= 4 is 17.3 Å². The van der Waals surface area contributed by atoms with Gasteiger partial charge in [-0.2, -0.15) is 0 Å². The number of nitrogens with one attached hydrogen (secondary N) is 2. The molecule has 138 valence electrons. The van der Waals surface area contributed by atoms with Crippen LogP contribution in [0.3, 0.4) is 0 Å². The second-order valence-electron chi connectivity index (χ2n) is 6.85. The first kappa shape index (κ1) is 17.9. The smallest absolute Gasteiger partial charge is 0.293 e. The molecule has 2 N–H and O–H groups in total. The Kier molecular flexibility index (Phi) is 5.20. The van der Waals surface area contributed by atoms with Crippen LogP contribution in [0.15, 0.2) is 30.6 Å². The maximum Gasteiger partial charge on any atom is 0.293 e. The molecule has 2 heterocycles. The summed E-state index contributed by atoms with van der Waals surface area (Å²) in [5.41, 5.74) is 0.808. The van der Waals surface area contributed by atoms with Gasteiger partial charge >= 0.3 is 0 Å². The van der Waals surface area contributed by atoms with Crippen LogP contribution in [-0.4, -0.2) is 39.9 Å². The number of aromatic amines is 1. The third-order valence-electron chi connectivity index (χ3n) is 4.52. The number of H-pyrrole nitrogens is 1. The van der Waals surface area contributed by atoms with Crippen LogP contribution in [0.4, 0.5) is 11.4 Å². The number of benzene rings is 1. The molecule has 1 amide bonds. The second-order valence-corrected chi connectivity index (χ2v) is 6.85. The van der Waals surface area contributed by atoms with Gasteiger partial charge in [-0.15, -0.1) is 0 Å². The maximum absolute atomic E-state index is 12.2. The van der Waals surface area contributed by atoms with E-state index >= 15 is 0 Å². The van der Waals surface area contributed by atoms with Gasteiger partial charge in [0.15, 0.2) is 0 Å². The Morgan fingerprint density at radius 1 is 1.46 bits per heavy atom. The van der Waals surface area contributed by atoms with Gasteiger partial charge in [0.2, 0.25) is 0 Å². The largest absolute Gasteiger partial charge is 0.365 e. The molecule has 0 spiro atoms. The van der Waals surface area contributed by atoms with Gasteiger partial charge in [-0.3, -0.25) is 14.9 Å². The SMILES string of the molecule is CC(C)NC(=O)c1ccc(N2CCCC(c3ncc[nH]3)C2)c([N+](=O)[O-])c1. The third-order valence-corrected chi connectivity index (χ3v) is 4.52. The van der Waals surface area contributed by atoms with Crippen molar-refractivity contribution in [2.24, 2.45) is 0 Å². The first-order valence-corrected chi connectivity index (χ1v) is 8.79. The van der Waals surface area contributed by atoms with E-state index in [0.29, 0.717) is 17.8 Å². The maximum atomic E-state index is 12.2. The summed E-state index contributed by atoms with van der Waals surface area (Å²) in [5, 5.41) is 14.4. The lowest BCUT2D eigenvalue weighted by Gasteiger charge is -2.33. The van der Waals surface area contributed by atoms with Gasteiger partial charge in [0.1, 0.15) is 11.5 Å². The number of nitrogens with zero attached hydrogens (tertiary/aromatic N) is 3. The normalized spacial score (nSPS) is 17.3. The van der Waals surface area contributed by atoms with Crippen LogP contribution in [0.2, 0.25) is 0 Å². The van der Waals surface area contributed by atoms with E-state index in [4.69, 9.17) is 0 Å². The summed E-state index contributed by atoms with van der Waals surface area (Å²) in [6.45, 7) is 5.11. The number of imidazole rings is 1. The Labute approximate surface area is 151 Å². The summed E-state index contributed by atoms with van der Waals surface area (Å²) in [7, 11) is 0. The summed E-state index contributed by atoms with van der Waals surface area (Å²) in [5.74, 6) is 0.814. The predicted octanol–water partition coefficient (Wildman–Crippen LogP) is 2.84. The molecule has 8 nitrogen and oxygen atoms in total. The van der Waals surface area contributed by atoms with Gasteiger partial charge in [0.25, 0.3) is 11.6 Å². The lowest BCUT2D eigenvalue weighted by atomic mass is 9.96. The van der Waals surface area contributed by atoms with Crippen molar-refractivity contribution in [1.29, 1.82) is 0 Å². The zero-order valence-electron chi connectivity index (χ0n) is 14.9. The van der Waals surface area contributed by atoms with Gasteiger partial charge in [0.05, 0.1) is 4.92 Å². The molecule has 1 aliphatic heterocycles. The Bertz CT molecular complexity index is 788. The fourth-order valence-corrected chi connectivity index (χ4v) is 3.34. The molecule has 8 heteroatoms. The van der Waals surface area contributed by atoms with Crippen molar-refractivity contribution < 1.29 is 9.72 Å². The van der Waals surface area contributed by atoms with Crippen LogP contribution in [0.1, 0.15) is 48.8 Å². The summed E-state index contributed by atoms with van der Waals surface area (Å²) in [4.78, 5) is 32.8. The molecule has 0 saturated carbocycles. The van der Waals surface area contributed by atoms with E-state index in [1.807, 2.05) is 18.7 Å². The van der Waals surface area contributed by atoms with E-state index < -0.39 is 4.92 Å². The van der Waals surface area contributed by atoms with Gasteiger partial charge < -0.3 is 15.2 Å². The highest BCUT2D eigenvalue weighted by Gasteiger charge is 2.28. The minimum absolute atomic E-state index is 0.0302. The monoisotopic (exact) mass is 357 g/mol. The van der Waals surface area contributed by atoms with E-state index in [9.17, 15) is 14.9 Å². The molecule has 1 unspecified atom stereocenters. The average Bonchev–Trinajstić information content (AvgIpc) is 3.15. The van der Waals surface area contributed by atoms with Gasteiger partial charge in [-0.1, -0.05) is 0 Å². The minimum Gasteiger partial charge on any atom is -0.365 e. The molecule has 1 atom stereocenters. The van der Waals surface area contributed by atoms with E-state index in [-0.39, 0.29) is 23.6 Å². The van der Waals surface area contributed by atoms with Crippen molar-refractivity contribution in [2.75, 3.05) is 18.0 Å². The quantitative estimate of drug-likeness (QED) is 0.632. The predicted molar refractivity (Wildman–Crippen MR) is 98.5 cm³/mol. The number of nitro groups is 1. The van der Waals surface area contributed by atoms with E-state index in [1.54, 1.807) is 24.5 Å². The van der Waals surface area contributed by atoms with Crippen LogP contribution in [0.5, 0.6) is 0 Å². The Morgan fingerprint density at radius 2 is 2.27 bits per heavy atom. The standard InChI is InChI=1S/C18H23N5O3/c1-12(2)21-18(24)13-5-6-15(16(10-13)23(25)26)22-9-3-4-14(11-22)17-19-7-8-20-17/h5-8,10,12,14H,3-4,9,11H2,1-2H3,(H,19,20)(H,21,24). The number of piperidine rings is 1. The topological polar surface area (TPSA) is 104 Å². The molecular weight excluding hydrogens is 334 g/mol. The van der Waals surface area contributed by atoms with Crippen molar-refractivity contribution in [3.63, 3.8) is 0 Å². The fourth-order valence-electron chi connectivity index (χ4n) is 3.34. The number of anilines is 1. The number of hydrogen-bond donors (Lipinski definition) is 2. The molecule has 1 aromatic heterocycles. The highest BCUT2D eigenvalue weighted by atomic mass is 16.6. The Hall–Kier alpha value is -2.90. The summed E-state index contributed by atoms with van der Waals surface area (Å²) in [6, 6.07) is 4.66. The Morgan fingerprint density at radius 3 is 2.92 bits per heavy atom. The van der Waals surface area contributed by atoms with Crippen LogP contribution in [-0.2, 0) is 0 Å². The Balaban J connectivity index is 1.86. The third kappa shape index (κ3) is 3.84. The molecule has 2 aromatic rings. The minimum atomic E-state index is -0.419. The summed E-state index contributed by atoms with van der Waals surface area (Å²) >= 11 is 0. The second kappa shape index (κ2) is 7.55. The number of rotatable bonds is 5. The molecule has 3 rings (SSSR count). The van der Waals surface area contributed by atoms with Crippen molar-refractivity contribution in [3.8, 4) is 0 Å². The van der Waals surface area contributed by atoms with Crippen LogP contribution in [0, 0.1) is 10.1 Å². The van der Waals surface area contributed by atoms with Crippen molar-refractivity contribution in [3.05, 3.63) is 52.1 Å². The fraction of sp³-hybridized carbons (Fsp3) is 0.444. The molecule has 0 radical (unpaired) electrons. The molecule has 0 bridgehead atoms.